The number of hydrogen-bond donors (Lipinski definition) is 1. The minimum atomic E-state index is 0.492. The Morgan fingerprint density at radius 1 is 1.32 bits per heavy atom. The second-order valence-corrected chi connectivity index (χ2v) is 5.53. The van der Waals surface area contributed by atoms with E-state index in [1.807, 2.05) is 29.6 Å². The Balaban J connectivity index is 1.81. The summed E-state index contributed by atoms with van der Waals surface area (Å²) >= 11 is 7.48. The first-order valence-electron chi connectivity index (χ1n) is 6.30. The lowest BCUT2D eigenvalue weighted by Gasteiger charge is -2.03. The highest BCUT2D eigenvalue weighted by atomic mass is 35.5. The minimum Gasteiger partial charge on any atom is -0.487 e. The molecule has 0 bridgehead atoms. The average molecular weight is 297 g/mol. The summed E-state index contributed by atoms with van der Waals surface area (Å²) in [7, 11) is 0. The fraction of sp³-hybridized carbons (Fsp3) is 0.357. The van der Waals surface area contributed by atoms with Crippen LogP contribution in [-0.2, 0) is 13.2 Å². The molecule has 2 rings (SSSR count). The summed E-state index contributed by atoms with van der Waals surface area (Å²) < 4.78 is 5.65. The molecule has 1 N–H and O–H groups in total. The van der Waals surface area contributed by atoms with E-state index in [0.717, 1.165) is 36.0 Å². The van der Waals surface area contributed by atoms with Crippen LogP contribution in [0.1, 0.15) is 24.0 Å². The number of nitrogens with zero attached hydrogens (tertiary/aromatic N) is 1. The number of thiazole rings is 1. The summed E-state index contributed by atoms with van der Waals surface area (Å²) in [5.41, 5.74) is 0.966. The zero-order chi connectivity index (χ0) is 13.5. The molecule has 0 aliphatic carbocycles. The molecule has 0 fully saturated rings. The first-order valence-corrected chi connectivity index (χ1v) is 7.56. The maximum absolute atomic E-state index is 5.82. The monoisotopic (exact) mass is 296 g/mol. The van der Waals surface area contributed by atoms with Crippen molar-refractivity contribution in [2.45, 2.75) is 26.5 Å². The van der Waals surface area contributed by atoms with E-state index >= 15 is 0 Å². The van der Waals surface area contributed by atoms with Gasteiger partial charge in [-0.05, 0) is 37.2 Å². The van der Waals surface area contributed by atoms with E-state index in [9.17, 15) is 0 Å². The number of nitrogens with one attached hydrogen (secondary N) is 1. The molecule has 0 radical (unpaired) electrons. The SMILES string of the molecule is CCCNCc1nc(COc2ccc(Cl)cc2)cs1. The summed E-state index contributed by atoms with van der Waals surface area (Å²) in [4.78, 5) is 4.52. The summed E-state index contributed by atoms with van der Waals surface area (Å²) in [6.45, 7) is 4.50. The van der Waals surface area contributed by atoms with Crippen molar-refractivity contribution in [3.05, 3.63) is 45.4 Å². The van der Waals surface area contributed by atoms with Crippen LogP contribution in [0.3, 0.4) is 0 Å². The van der Waals surface area contributed by atoms with Crippen LogP contribution in [-0.4, -0.2) is 11.5 Å². The van der Waals surface area contributed by atoms with Crippen molar-refractivity contribution in [1.29, 1.82) is 0 Å². The third kappa shape index (κ3) is 4.82. The fourth-order valence-electron chi connectivity index (χ4n) is 1.56. The van der Waals surface area contributed by atoms with E-state index in [2.05, 4.69) is 17.2 Å². The first kappa shape index (κ1) is 14.3. The maximum atomic E-state index is 5.82. The molecule has 0 spiro atoms. The summed E-state index contributed by atoms with van der Waals surface area (Å²) in [6, 6.07) is 7.35. The average Bonchev–Trinajstić information content (AvgIpc) is 2.86. The van der Waals surface area contributed by atoms with E-state index in [0.29, 0.717) is 11.6 Å². The third-order valence-corrected chi connectivity index (χ3v) is 3.65. The third-order valence-electron chi connectivity index (χ3n) is 2.50. The van der Waals surface area contributed by atoms with E-state index < -0.39 is 0 Å². The van der Waals surface area contributed by atoms with Gasteiger partial charge in [-0.2, -0.15) is 0 Å². The Morgan fingerprint density at radius 3 is 2.84 bits per heavy atom. The smallest absolute Gasteiger partial charge is 0.131 e. The molecule has 0 aliphatic heterocycles. The van der Waals surface area contributed by atoms with Gasteiger partial charge in [-0.1, -0.05) is 18.5 Å². The molecule has 3 nitrogen and oxygen atoms in total. The van der Waals surface area contributed by atoms with E-state index in [4.69, 9.17) is 16.3 Å². The molecule has 0 amide bonds. The zero-order valence-electron chi connectivity index (χ0n) is 10.9. The van der Waals surface area contributed by atoms with Gasteiger partial charge in [-0.25, -0.2) is 4.98 Å². The summed E-state index contributed by atoms with van der Waals surface area (Å²) in [5, 5.41) is 7.19. The second kappa shape index (κ2) is 7.48. The minimum absolute atomic E-state index is 0.492. The van der Waals surface area contributed by atoms with Crippen LogP contribution >= 0.6 is 22.9 Å². The van der Waals surface area contributed by atoms with Gasteiger partial charge in [0.1, 0.15) is 17.4 Å². The highest BCUT2D eigenvalue weighted by Crippen LogP contribution is 2.17. The summed E-state index contributed by atoms with van der Waals surface area (Å²) in [5.74, 6) is 0.808. The predicted octanol–water partition coefficient (Wildman–Crippen LogP) is 3.88. The van der Waals surface area contributed by atoms with Gasteiger partial charge in [-0.15, -0.1) is 11.3 Å². The molecule has 19 heavy (non-hydrogen) atoms. The van der Waals surface area contributed by atoms with Crippen LogP contribution in [0.2, 0.25) is 5.02 Å². The van der Waals surface area contributed by atoms with Crippen molar-refractivity contribution < 1.29 is 4.74 Å². The van der Waals surface area contributed by atoms with Gasteiger partial charge in [0.2, 0.25) is 0 Å². The molecule has 1 heterocycles. The Morgan fingerprint density at radius 2 is 2.11 bits per heavy atom. The van der Waals surface area contributed by atoms with Crippen molar-refractivity contribution in [3.8, 4) is 5.75 Å². The van der Waals surface area contributed by atoms with Gasteiger partial charge >= 0.3 is 0 Å². The Hall–Kier alpha value is -1.10. The lowest BCUT2D eigenvalue weighted by molar-refractivity contribution is 0.302. The van der Waals surface area contributed by atoms with Crippen LogP contribution in [0.15, 0.2) is 29.6 Å². The molecule has 0 saturated heterocycles. The number of ether oxygens (including phenoxy) is 1. The normalized spacial score (nSPS) is 10.6. The highest BCUT2D eigenvalue weighted by molar-refractivity contribution is 7.09. The number of halogens is 1. The van der Waals surface area contributed by atoms with E-state index in [1.165, 1.54) is 0 Å². The van der Waals surface area contributed by atoms with Gasteiger partial charge in [0.05, 0.1) is 5.69 Å². The molecule has 2 aromatic rings. The Labute approximate surface area is 122 Å². The van der Waals surface area contributed by atoms with Crippen molar-refractivity contribution >= 4 is 22.9 Å². The number of rotatable bonds is 7. The van der Waals surface area contributed by atoms with Crippen molar-refractivity contribution in [1.82, 2.24) is 10.3 Å². The van der Waals surface area contributed by atoms with Crippen LogP contribution in [0.25, 0.3) is 0 Å². The highest BCUT2D eigenvalue weighted by Gasteiger charge is 2.02. The molecule has 5 heteroatoms. The number of hydrogen-bond acceptors (Lipinski definition) is 4. The van der Waals surface area contributed by atoms with E-state index in [-0.39, 0.29) is 0 Å². The molecule has 1 aromatic carbocycles. The van der Waals surface area contributed by atoms with E-state index in [1.54, 1.807) is 11.3 Å². The van der Waals surface area contributed by atoms with Crippen LogP contribution in [0.5, 0.6) is 5.75 Å². The molecule has 0 saturated carbocycles. The second-order valence-electron chi connectivity index (χ2n) is 4.15. The van der Waals surface area contributed by atoms with Gasteiger partial charge < -0.3 is 10.1 Å². The van der Waals surface area contributed by atoms with Crippen LogP contribution in [0.4, 0.5) is 0 Å². The quantitative estimate of drug-likeness (QED) is 0.788. The van der Waals surface area contributed by atoms with Gasteiger partial charge in [0, 0.05) is 16.9 Å². The maximum Gasteiger partial charge on any atom is 0.131 e. The molecular weight excluding hydrogens is 280 g/mol. The van der Waals surface area contributed by atoms with Crippen LogP contribution < -0.4 is 10.1 Å². The lowest BCUT2D eigenvalue weighted by Crippen LogP contribution is -2.13. The molecule has 102 valence electrons. The Bertz CT molecular complexity index is 498. The van der Waals surface area contributed by atoms with Crippen LogP contribution in [0, 0.1) is 0 Å². The van der Waals surface area contributed by atoms with Crippen molar-refractivity contribution in [2.75, 3.05) is 6.54 Å². The number of benzene rings is 1. The predicted molar refractivity (Wildman–Crippen MR) is 79.9 cm³/mol. The fourth-order valence-corrected chi connectivity index (χ4v) is 2.43. The molecule has 0 aliphatic rings. The molecule has 1 aromatic heterocycles. The molecule has 0 atom stereocenters. The van der Waals surface area contributed by atoms with Crippen molar-refractivity contribution in [3.63, 3.8) is 0 Å². The zero-order valence-corrected chi connectivity index (χ0v) is 12.4. The number of aromatic nitrogens is 1. The van der Waals surface area contributed by atoms with Gasteiger partial charge in [0.25, 0.3) is 0 Å². The molecule has 0 unspecified atom stereocenters. The summed E-state index contributed by atoms with van der Waals surface area (Å²) in [6.07, 6.45) is 1.14. The Kier molecular flexibility index (Phi) is 5.63. The first-order chi connectivity index (χ1) is 9.28. The van der Waals surface area contributed by atoms with Gasteiger partial charge in [0.15, 0.2) is 0 Å². The standard InChI is InChI=1S/C14H17ClN2OS/c1-2-7-16-8-14-17-12(10-19-14)9-18-13-5-3-11(15)4-6-13/h3-6,10,16H,2,7-9H2,1H3. The topological polar surface area (TPSA) is 34.2 Å². The molecular formula is C14H17ClN2OS. The van der Waals surface area contributed by atoms with Gasteiger partial charge in [-0.3, -0.25) is 0 Å². The van der Waals surface area contributed by atoms with Crippen molar-refractivity contribution in [2.24, 2.45) is 0 Å². The lowest BCUT2D eigenvalue weighted by atomic mass is 10.3. The largest absolute Gasteiger partial charge is 0.487 e.